The summed E-state index contributed by atoms with van der Waals surface area (Å²) in [6.07, 6.45) is 1.50. The maximum atomic E-state index is 11.0. The van der Waals surface area contributed by atoms with Crippen LogP contribution in [0.25, 0.3) is 0 Å². The van der Waals surface area contributed by atoms with E-state index in [2.05, 4.69) is 25.7 Å². The number of nitrogens with one attached hydrogen (secondary N) is 2. The van der Waals surface area contributed by atoms with E-state index in [4.69, 9.17) is 4.74 Å². The first-order chi connectivity index (χ1) is 9.60. The fraction of sp³-hybridized carbons (Fsp3) is 0.167. The summed E-state index contributed by atoms with van der Waals surface area (Å²) in [6, 6.07) is 4.79. The second-order valence-corrected chi connectivity index (χ2v) is 3.88. The number of benzene rings is 1. The molecular formula is C12H13N5O3. The van der Waals surface area contributed by atoms with Crippen molar-refractivity contribution in [3.63, 3.8) is 0 Å². The third-order valence-corrected chi connectivity index (χ3v) is 2.46. The molecule has 1 aromatic carbocycles. The lowest BCUT2D eigenvalue weighted by Crippen LogP contribution is -2.15. The summed E-state index contributed by atoms with van der Waals surface area (Å²) in [5.74, 6) is 0.672. The molecule has 0 aliphatic heterocycles. The predicted molar refractivity (Wildman–Crippen MR) is 73.3 cm³/mol. The molecule has 0 fully saturated rings. The molecule has 1 aromatic heterocycles. The number of hydrogen-bond acceptors (Lipinski definition) is 7. The van der Waals surface area contributed by atoms with E-state index in [1.165, 1.54) is 19.4 Å². The zero-order chi connectivity index (χ0) is 14.5. The van der Waals surface area contributed by atoms with Crippen LogP contribution in [0.1, 0.15) is 11.3 Å². The van der Waals surface area contributed by atoms with E-state index < -0.39 is 5.69 Å². The Balaban J connectivity index is 2.14. The SMILES string of the molecule is COc1cc(/C=N\Nc2nc(=O)[nH]nc2C)ccc1O. The van der Waals surface area contributed by atoms with E-state index in [9.17, 15) is 9.90 Å². The van der Waals surface area contributed by atoms with Gasteiger partial charge in [-0.3, -0.25) is 5.43 Å². The molecule has 0 radical (unpaired) electrons. The van der Waals surface area contributed by atoms with Crippen LogP contribution in [0.2, 0.25) is 0 Å². The van der Waals surface area contributed by atoms with Gasteiger partial charge in [-0.15, -0.1) is 0 Å². The molecule has 0 amide bonds. The van der Waals surface area contributed by atoms with Gasteiger partial charge in [0.1, 0.15) is 5.69 Å². The van der Waals surface area contributed by atoms with Crippen molar-refractivity contribution in [2.75, 3.05) is 12.5 Å². The largest absolute Gasteiger partial charge is 0.504 e. The van der Waals surface area contributed by atoms with Crippen LogP contribution in [0.4, 0.5) is 5.82 Å². The summed E-state index contributed by atoms with van der Waals surface area (Å²) >= 11 is 0. The van der Waals surface area contributed by atoms with Gasteiger partial charge < -0.3 is 9.84 Å². The van der Waals surface area contributed by atoms with Crippen molar-refractivity contribution in [2.24, 2.45) is 5.10 Å². The standard InChI is InChI=1S/C12H13N5O3/c1-7-11(14-12(19)17-15-7)16-13-6-8-3-4-9(18)10(5-8)20-2/h3-6,18H,1-2H3,(H2,14,16,17,19)/b13-6-. The van der Waals surface area contributed by atoms with E-state index >= 15 is 0 Å². The number of aromatic nitrogens is 3. The number of H-pyrrole nitrogens is 1. The molecule has 2 rings (SSSR count). The van der Waals surface area contributed by atoms with Crippen molar-refractivity contribution in [1.82, 2.24) is 15.2 Å². The Morgan fingerprint density at radius 1 is 1.50 bits per heavy atom. The summed E-state index contributed by atoms with van der Waals surface area (Å²) in [5, 5.41) is 19.4. The lowest BCUT2D eigenvalue weighted by atomic mass is 10.2. The van der Waals surface area contributed by atoms with Gasteiger partial charge in [-0.1, -0.05) is 0 Å². The number of methoxy groups -OCH3 is 1. The average molecular weight is 275 g/mol. The third-order valence-electron chi connectivity index (χ3n) is 2.46. The van der Waals surface area contributed by atoms with Crippen molar-refractivity contribution < 1.29 is 9.84 Å². The van der Waals surface area contributed by atoms with Gasteiger partial charge in [-0.25, -0.2) is 9.89 Å². The molecule has 104 valence electrons. The molecule has 8 heteroatoms. The number of aromatic amines is 1. The number of aryl methyl sites for hydroxylation is 1. The first kappa shape index (κ1) is 13.5. The van der Waals surface area contributed by atoms with E-state index in [0.717, 1.165) is 0 Å². The Hall–Kier alpha value is -2.90. The number of phenols is 1. The number of nitrogens with zero attached hydrogens (tertiary/aromatic N) is 3. The molecule has 0 aliphatic rings. The zero-order valence-corrected chi connectivity index (χ0v) is 10.9. The van der Waals surface area contributed by atoms with Gasteiger partial charge >= 0.3 is 5.69 Å². The maximum Gasteiger partial charge on any atom is 0.363 e. The van der Waals surface area contributed by atoms with Crippen molar-refractivity contribution in [3.8, 4) is 11.5 Å². The van der Waals surface area contributed by atoms with Gasteiger partial charge in [0.15, 0.2) is 17.3 Å². The highest BCUT2D eigenvalue weighted by Crippen LogP contribution is 2.25. The van der Waals surface area contributed by atoms with E-state index in [1.807, 2.05) is 0 Å². The van der Waals surface area contributed by atoms with Crippen molar-refractivity contribution in [2.45, 2.75) is 6.92 Å². The first-order valence-electron chi connectivity index (χ1n) is 5.69. The second kappa shape index (κ2) is 5.83. The van der Waals surface area contributed by atoms with Crippen molar-refractivity contribution in [3.05, 3.63) is 39.9 Å². The summed E-state index contributed by atoms with van der Waals surface area (Å²) in [6.45, 7) is 1.68. The summed E-state index contributed by atoms with van der Waals surface area (Å²) in [4.78, 5) is 14.7. The lowest BCUT2D eigenvalue weighted by Gasteiger charge is -2.04. The van der Waals surface area contributed by atoms with Gasteiger partial charge in [0, 0.05) is 0 Å². The number of hydrazone groups is 1. The van der Waals surface area contributed by atoms with E-state index in [1.54, 1.807) is 19.1 Å². The minimum absolute atomic E-state index is 0.0499. The van der Waals surface area contributed by atoms with Crippen molar-refractivity contribution in [1.29, 1.82) is 0 Å². The van der Waals surface area contributed by atoms with Crippen LogP contribution in [0.3, 0.4) is 0 Å². The number of phenolic OH excluding ortho intramolecular Hbond substituents is 1. The first-order valence-corrected chi connectivity index (χ1v) is 5.69. The van der Waals surface area contributed by atoms with E-state index in [0.29, 0.717) is 17.0 Å². The minimum Gasteiger partial charge on any atom is -0.504 e. The summed E-state index contributed by atoms with van der Waals surface area (Å²) < 4.78 is 4.99. The Morgan fingerprint density at radius 3 is 3.05 bits per heavy atom. The topological polar surface area (TPSA) is 112 Å². The number of rotatable bonds is 4. The monoisotopic (exact) mass is 275 g/mol. The van der Waals surface area contributed by atoms with Gasteiger partial charge in [0.25, 0.3) is 0 Å². The zero-order valence-electron chi connectivity index (χ0n) is 10.9. The molecule has 0 saturated carbocycles. The summed E-state index contributed by atoms with van der Waals surface area (Å²) in [5.41, 5.74) is 3.30. The number of anilines is 1. The lowest BCUT2D eigenvalue weighted by molar-refractivity contribution is 0.373. The smallest absolute Gasteiger partial charge is 0.363 e. The van der Waals surface area contributed by atoms with Crippen LogP contribution in [-0.4, -0.2) is 33.6 Å². The normalized spacial score (nSPS) is 10.7. The molecule has 20 heavy (non-hydrogen) atoms. The Kier molecular flexibility index (Phi) is 3.94. The number of aromatic hydroxyl groups is 1. The number of ether oxygens (including phenoxy) is 1. The average Bonchev–Trinajstić information content (AvgIpc) is 2.44. The van der Waals surface area contributed by atoms with Crippen molar-refractivity contribution >= 4 is 12.0 Å². The molecule has 0 bridgehead atoms. The van der Waals surface area contributed by atoms with Crippen LogP contribution in [0, 0.1) is 6.92 Å². The molecule has 8 nitrogen and oxygen atoms in total. The van der Waals surface area contributed by atoms with Gasteiger partial charge in [0.2, 0.25) is 0 Å². The molecule has 0 saturated heterocycles. The molecular weight excluding hydrogens is 262 g/mol. The van der Waals surface area contributed by atoms with Crippen LogP contribution in [-0.2, 0) is 0 Å². The summed E-state index contributed by atoms with van der Waals surface area (Å²) in [7, 11) is 1.46. The second-order valence-electron chi connectivity index (χ2n) is 3.88. The van der Waals surface area contributed by atoms with Crippen LogP contribution >= 0.6 is 0 Å². The number of hydrogen-bond donors (Lipinski definition) is 3. The maximum absolute atomic E-state index is 11.0. The van der Waals surface area contributed by atoms with Gasteiger partial charge in [-0.05, 0) is 30.7 Å². The molecule has 0 aliphatic carbocycles. The van der Waals surface area contributed by atoms with Gasteiger partial charge in [0.05, 0.1) is 13.3 Å². The molecule has 0 unspecified atom stereocenters. The highest BCUT2D eigenvalue weighted by molar-refractivity contribution is 5.81. The van der Waals surface area contributed by atoms with E-state index in [-0.39, 0.29) is 11.6 Å². The highest BCUT2D eigenvalue weighted by Gasteiger charge is 2.02. The predicted octanol–water partition coefficient (Wildman–Crippen LogP) is 0.634. The highest BCUT2D eigenvalue weighted by atomic mass is 16.5. The Labute approximate surface area is 114 Å². The molecule has 1 heterocycles. The quantitative estimate of drug-likeness (QED) is 0.557. The molecule has 0 atom stereocenters. The molecule has 2 aromatic rings. The van der Waals surface area contributed by atoms with Crippen LogP contribution < -0.4 is 15.9 Å². The van der Waals surface area contributed by atoms with Gasteiger partial charge in [-0.2, -0.15) is 15.2 Å². The fourth-order valence-corrected chi connectivity index (χ4v) is 1.44. The molecule has 3 N–H and O–H groups in total. The molecule has 0 spiro atoms. The fourth-order valence-electron chi connectivity index (χ4n) is 1.44. The van der Waals surface area contributed by atoms with Crippen LogP contribution in [0.5, 0.6) is 11.5 Å². The Morgan fingerprint density at radius 2 is 2.30 bits per heavy atom. The minimum atomic E-state index is -0.556. The van der Waals surface area contributed by atoms with Crippen LogP contribution in [0.15, 0.2) is 28.1 Å². The third kappa shape index (κ3) is 3.10. The Bertz CT molecular complexity index is 696.